The first-order valence-electron chi connectivity index (χ1n) is 4.65. The Hall–Kier alpha value is -0.590. The fourth-order valence-corrected chi connectivity index (χ4v) is 2.08. The molecule has 1 aliphatic carbocycles. The van der Waals surface area contributed by atoms with E-state index in [9.17, 15) is 4.79 Å². The van der Waals surface area contributed by atoms with Crippen molar-refractivity contribution in [2.75, 3.05) is 0 Å². The summed E-state index contributed by atoms with van der Waals surface area (Å²) >= 11 is 0. The Kier molecular flexibility index (Phi) is 2.41. The van der Waals surface area contributed by atoms with E-state index in [0.717, 1.165) is 6.29 Å². The molecule has 0 N–H and O–H groups in total. The summed E-state index contributed by atoms with van der Waals surface area (Å²) < 4.78 is 0. The second-order valence-corrected chi connectivity index (χ2v) is 4.65. The lowest BCUT2D eigenvalue weighted by Crippen LogP contribution is -2.27. The highest BCUT2D eigenvalue weighted by atomic mass is 16.1. The molecule has 68 valence electrons. The first kappa shape index (κ1) is 9.50. The van der Waals surface area contributed by atoms with Gasteiger partial charge in [0.05, 0.1) is 0 Å². The predicted molar refractivity (Wildman–Crippen MR) is 50.9 cm³/mol. The molecule has 1 saturated carbocycles. The standard InChI is InChI=1S/C11H18O/c1-10(2)6-4-7-11(10,3)8-5-9-12/h5,8-9H,4,6-7H2,1-3H3/b8-5+. The van der Waals surface area contributed by atoms with Crippen molar-refractivity contribution in [1.29, 1.82) is 0 Å². The van der Waals surface area contributed by atoms with Crippen molar-refractivity contribution in [3.8, 4) is 0 Å². The van der Waals surface area contributed by atoms with Gasteiger partial charge in [0, 0.05) is 0 Å². The molecule has 0 aromatic carbocycles. The van der Waals surface area contributed by atoms with Crippen LogP contribution in [0.3, 0.4) is 0 Å². The number of allylic oxidation sites excluding steroid dienone is 2. The largest absolute Gasteiger partial charge is 0.299 e. The van der Waals surface area contributed by atoms with Gasteiger partial charge in [-0.2, -0.15) is 0 Å². The number of hydrogen-bond acceptors (Lipinski definition) is 1. The minimum atomic E-state index is 0.230. The third-order valence-corrected chi connectivity index (χ3v) is 3.59. The Bertz CT molecular complexity index is 203. The quantitative estimate of drug-likeness (QED) is 0.455. The Balaban J connectivity index is 2.82. The second-order valence-electron chi connectivity index (χ2n) is 4.65. The molecule has 1 nitrogen and oxygen atoms in total. The zero-order chi connectivity index (χ0) is 9.24. The van der Waals surface area contributed by atoms with Gasteiger partial charge in [-0.3, -0.25) is 4.79 Å². The van der Waals surface area contributed by atoms with Crippen molar-refractivity contribution in [2.45, 2.75) is 40.0 Å². The molecule has 1 heteroatoms. The van der Waals surface area contributed by atoms with E-state index >= 15 is 0 Å². The number of carbonyl (C=O) groups is 1. The van der Waals surface area contributed by atoms with Crippen LogP contribution in [0.5, 0.6) is 0 Å². The average molecular weight is 166 g/mol. The molecule has 0 aromatic rings. The summed E-state index contributed by atoms with van der Waals surface area (Å²) in [4.78, 5) is 10.2. The van der Waals surface area contributed by atoms with Crippen LogP contribution in [0.1, 0.15) is 40.0 Å². The minimum absolute atomic E-state index is 0.230. The van der Waals surface area contributed by atoms with Gasteiger partial charge in [-0.05, 0) is 29.7 Å². The van der Waals surface area contributed by atoms with Crippen LogP contribution in [0.15, 0.2) is 12.2 Å². The van der Waals surface area contributed by atoms with E-state index in [0.29, 0.717) is 5.41 Å². The molecule has 0 spiro atoms. The fourth-order valence-electron chi connectivity index (χ4n) is 2.08. The van der Waals surface area contributed by atoms with Crippen molar-refractivity contribution >= 4 is 6.29 Å². The van der Waals surface area contributed by atoms with Crippen molar-refractivity contribution in [3.05, 3.63) is 12.2 Å². The molecule has 12 heavy (non-hydrogen) atoms. The monoisotopic (exact) mass is 166 g/mol. The first-order chi connectivity index (χ1) is 5.52. The van der Waals surface area contributed by atoms with Gasteiger partial charge < -0.3 is 0 Å². The lowest BCUT2D eigenvalue weighted by molar-refractivity contribution is -0.104. The maximum Gasteiger partial charge on any atom is 0.142 e. The summed E-state index contributed by atoms with van der Waals surface area (Å²) in [6.07, 6.45) is 8.36. The molecule has 0 saturated heterocycles. The van der Waals surface area contributed by atoms with Gasteiger partial charge in [-0.25, -0.2) is 0 Å². The molecule has 0 radical (unpaired) electrons. The number of carbonyl (C=O) groups excluding carboxylic acids is 1. The van der Waals surface area contributed by atoms with Crippen molar-refractivity contribution < 1.29 is 4.79 Å². The van der Waals surface area contributed by atoms with Gasteiger partial charge in [0.25, 0.3) is 0 Å². The molecular weight excluding hydrogens is 148 g/mol. The Morgan fingerprint density at radius 3 is 2.25 bits per heavy atom. The topological polar surface area (TPSA) is 17.1 Å². The summed E-state index contributed by atoms with van der Waals surface area (Å²) in [5.41, 5.74) is 0.584. The normalized spacial score (nSPS) is 34.2. The van der Waals surface area contributed by atoms with Gasteiger partial charge in [0.2, 0.25) is 0 Å². The molecule has 0 aromatic heterocycles. The van der Waals surface area contributed by atoms with Crippen molar-refractivity contribution in [2.24, 2.45) is 10.8 Å². The van der Waals surface area contributed by atoms with E-state index in [4.69, 9.17) is 0 Å². The summed E-state index contributed by atoms with van der Waals surface area (Å²) in [5, 5.41) is 0. The van der Waals surface area contributed by atoms with Gasteiger partial charge in [0.15, 0.2) is 0 Å². The third-order valence-electron chi connectivity index (χ3n) is 3.59. The van der Waals surface area contributed by atoms with E-state index in [1.807, 2.05) is 0 Å². The van der Waals surface area contributed by atoms with E-state index in [2.05, 4.69) is 26.8 Å². The molecule has 1 fully saturated rings. The van der Waals surface area contributed by atoms with Crippen LogP contribution in [0.4, 0.5) is 0 Å². The van der Waals surface area contributed by atoms with Gasteiger partial charge >= 0.3 is 0 Å². The van der Waals surface area contributed by atoms with E-state index in [1.165, 1.54) is 19.3 Å². The Labute approximate surface area is 74.9 Å². The van der Waals surface area contributed by atoms with Gasteiger partial charge in [0.1, 0.15) is 6.29 Å². The number of hydrogen-bond donors (Lipinski definition) is 0. The summed E-state index contributed by atoms with van der Waals surface area (Å²) in [5.74, 6) is 0. The molecule has 1 atom stereocenters. The SMILES string of the molecule is CC1(C)CCCC1(C)/C=C/C=O. The molecule has 1 unspecified atom stereocenters. The maximum absolute atomic E-state index is 10.2. The van der Waals surface area contributed by atoms with E-state index in [-0.39, 0.29) is 5.41 Å². The zero-order valence-electron chi connectivity index (χ0n) is 8.26. The lowest BCUT2D eigenvalue weighted by Gasteiger charge is -2.35. The maximum atomic E-state index is 10.2. The molecule has 0 aliphatic heterocycles. The Morgan fingerprint density at radius 2 is 1.83 bits per heavy atom. The summed E-state index contributed by atoms with van der Waals surface area (Å²) in [6, 6.07) is 0. The molecule has 0 heterocycles. The van der Waals surface area contributed by atoms with Crippen molar-refractivity contribution in [1.82, 2.24) is 0 Å². The summed E-state index contributed by atoms with van der Waals surface area (Å²) in [6.45, 7) is 6.82. The highest BCUT2D eigenvalue weighted by molar-refractivity contribution is 5.64. The lowest BCUT2D eigenvalue weighted by atomic mass is 9.69. The highest BCUT2D eigenvalue weighted by Crippen LogP contribution is 2.53. The van der Waals surface area contributed by atoms with E-state index < -0.39 is 0 Å². The molecule has 0 amide bonds. The van der Waals surface area contributed by atoms with E-state index in [1.54, 1.807) is 6.08 Å². The van der Waals surface area contributed by atoms with Crippen LogP contribution in [0, 0.1) is 10.8 Å². The summed E-state index contributed by atoms with van der Waals surface area (Å²) in [7, 11) is 0. The van der Waals surface area contributed by atoms with Crippen LogP contribution in [0.25, 0.3) is 0 Å². The zero-order valence-corrected chi connectivity index (χ0v) is 8.26. The molecule has 1 aliphatic rings. The average Bonchev–Trinajstić information content (AvgIpc) is 2.24. The number of aldehydes is 1. The van der Waals surface area contributed by atoms with Crippen LogP contribution >= 0.6 is 0 Å². The van der Waals surface area contributed by atoms with Crippen LogP contribution in [-0.2, 0) is 4.79 Å². The third kappa shape index (κ3) is 1.45. The fraction of sp³-hybridized carbons (Fsp3) is 0.727. The predicted octanol–water partition coefficient (Wildman–Crippen LogP) is 2.96. The van der Waals surface area contributed by atoms with Gasteiger partial charge in [-0.15, -0.1) is 0 Å². The number of rotatable bonds is 2. The van der Waals surface area contributed by atoms with Gasteiger partial charge in [-0.1, -0.05) is 33.3 Å². The highest BCUT2D eigenvalue weighted by Gasteiger charge is 2.42. The smallest absolute Gasteiger partial charge is 0.142 e. The van der Waals surface area contributed by atoms with Crippen molar-refractivity contribution in [3.63, 3.8) is 0 Å². The Morgan fingerprint density at radius 1 is 1.17 bits per heavy atom. The second kappa shape index (κ2) is 3.04. The molecule has 1 rings (SSSR count). The first-order valence-corrected chi connectivity index (χ1v) is 4.65. The van der Waals surface area contributed by atoms with Crippen LogP contribution < -0.4 is 0 Å². The minimum Gasteiger partial charge on any atom is -0.299 e. The molecule has 0 bridgehead atoms. The molecular formula is C11H18O. The van der Waals surface area contributed by atoms with Crippen LogP contribution in [-0.4, -0.2) is 6.29 Å². The van der Waals surface area contributed by atoms with Crippen LogP contribution in [0.2, 0.25) is 0 Å².